The van der Waals surface area contributed by atoms with Gasteiger partial charge in [0.1, 0.15) is 5.58 Å². The maximum Gasteiger partial charge on any atom is 0.158 e. The van der Waals surface area contributed by atoms with Crippen molar-refractivity contribution in [3.8, 4) is 0 Å². The van der Waals surface area contributed by atoms with Gasteiger partial charge >= 0.3 is 0 Å². The zero-order chi connectivity index (χ0) is 18.6. The van der Waals surface area contributed by atoms with E-state index in [1.807, 2.05) is 12.1 Å². The lowest BCUT2D eigenvalue weighted by atomic mass is 10.1. The first kappa shape index (κ1) is 18.1. The smallest absolute Gasteiger partial charge is 0.158 e. The average molecular weight is 422 g/mol. The molecule has 0 aliphatic rings. The molecular weight excluding hydrogens is 398 g/mol. The summed E-state index contributed by atoms with van der Waals surface area (Å²) in [7, 11) is 0. The Labute approximate surface area is 168 Å². The van der Waals surface area contributed by atoms with Crippen molar-refractivity contribution in [1.82, 2.24) is 0 Å². The normalized spacial score (nSPS) is 11.3. The highest BCUT2D eigenvalue weighted by atomic mass is 79.9. The van der Waals surface area contributed by atoms with E-state index in [1.54, 1.807) is 0 Å². The average Bonchev–Trinajstić information content (AvgIpc) is 3.07. The van der Waals surface area contributed by atoms with Crippen molar-refractivity contribution in [2.45, 2.75) is 39.0 Å². The van der Waals surface area contributed by atoms with Crippen molar-refractivity contribution in [1.29, 1.82) is 0 Å². The Kier molecular flexibility index (Phi) is 5.49. The van der Waals surface area contributed by atoms with Crippen LogP contribution in [0.3, 0.4) is 0 Å². The molecule has 1 aromatic heterocycles. The molecular formula is C24H24BrNO. The molecule has 0 unspecified atom stereocenters. The number of fused-ring (bicyclic) bond motifs is 3. The molecule has 0 atom stereocenters. The van der Waals surface area contributed by atoms with Crippen LogP contribution in [0.1, 0.15) is 38.2 Å². The number of anilines is 2. The van der Waals surface area contributed by atoms with Crippen molar-refractivity contribution in [2.24, 2.45) is 0 Å². The van der Waals surface area contributed by atoms with Gasteiger partial charge in [-0.05, 0) is 48.7 Å². The van der Waals surface area contributed by atoms with Crippen LogP contribution in [-0.2, 0) is 6.42 Å². The van der Waals surface area contributed by atoms with E-state index in [-0.39, 0.29) is 0 Å². The van der Waals surface area contributed by atoms with Gasteiger partial charge in [0.2, 0.25) is 0 Å². The van der Waals surface area contributed by atoms with Gasteiger partial charge in [0.05, 0.1) is 5.69 Å². The van der Waals surface area contributed by atoms with E-state index in [2.05, 4.69) is 76.7 Å². The van der Waals surface area contributed by atoms with Gasteiger partial charge in [-0.3, -0.25) is 0 Å². The molecule has 138 valence electrons. The maximum atomic E-state index is 6.13. The lowest BCUT2D eigenvalue weighted by Crippen LogP contribution is -1.94. The van der Waals surface area contributed by atoms with Crippen molar-refractivity contribution in [2.75, 3.05) is 5.32 Å². The van der Waals surface area contributed by atoms with Crippen molar-refractivity contribution < 1.29 is 4.42 Å². The molecule has 0 bridgehead atoms. The topological polar surface area (TPSA) is 25.2 Å². The van der Waals surface area contributed by atoms with Gasteiger partial charge in [-0.1, -0.05) is 72.4 Å². The van der Waals surface area contributed by atoms with Crippen LogP contribution in [0.2, 0.25) is 0 Å². The highest BCUT2D eigenvalue weighted by molar-refractivity contribution is 9.10. The minimum absolute atomic E-state index is 0.908. The Hall–Kier alpha value is -2.26. The molecule has 1 N–H and O–H groups in total. The first-order valence-corrected chi connectivity index (χ1v) is 10.5. The first-order chi connectivity index (χ1) is 13.3. The second-order valence-electron chi connectivity index (χ2n) is 7.02. The minimum Gasteiger partial charge on any atom is -0.454 e. The standard InChI is InChI=1S/C24H24BrNO/c1-2-3-4-5-9-17-16-18(14-15-21(17)25)26-22-12-8-11-20-19-10-6-7-13-23(19)27-24(20)22/h6-8,10-16,26H,2-5,9H2,1H3. The van der Waals surface area contributed by atoms with Crippen LogP contribution >= 0.6 is 15.9 Å². The Balaban J connectivity index is 1.62. The number of rotatable bonds is 7. The quantitative estimate of drug-likeness (QED) is 0.304. The second kappa shape index (κ2) is 8.18. The highest BCUT2D eigenvalue weighted by Crippen LogP contribution is 2.35. The molecule has 3 aromatic carbocycles. The molecule has 0 saturated heterocycles. The number of aryl methyl sites for hydroxylation is 1. The summed E-state index contributed by atoms with van der Waals surface area (Å²) in [5, 5.41) is 5.86. The number of nitrogens with one attached hydrogen (secondary N) is 1. The fourth-order valence-corrected chi connectivity index (χ4v) is 4.03. The van der Waals surface area contributed by atoms with Gasteiger partial charge in [-0.25, -0.2) is 0 Å². The van der Waals surface area contributed by atoms with E-state index >= 15 is 0 Å². The summed E-state index contributed by atoms with van der Waals surface area (Å²) in [6.07, 6.45) is 6.20. The van der Waals surface area contributed by atoms with Crippen LogP contribution in [0.4, 0.5) is 11.4 Å². The summed E-state index contributed by atoms with van der Waals surface area (Å²) < 4.78 is 7.32. The van der Waals surface area contributed by atoms with E-state index in [1.165, 1.54) is 35.7 Å². The van der Waals surface area contributed by atoms with Crippen LogP contribution in [0.25, 0.3) is 21.9 Å². The number of hydrogen-bond donors (Lipinski definition) is 1. The zero-order valence-corrected chi connectivity index (χ0v) is 17.2. The van der Waals surface area contributed by atoms with Gasteiger partial charge in [0, 0.05) is 20.9 Å². The molecule has 0 spiro atoms. The van der Waals surface area contributed by atoms with Crippen molar-refractivity contribution in [3.63, 3.8) is 0 Å². The number of halogens is 1. The summed E-state index contributed by atoms with van der Waals surface area (Å²) in [5.74, 6) is 0. The Morgan fingerprint density at radius 3 is 2.63 bits per heavy atom. The van der Waals surface area contributed by atoms with Gasteiger partial charge in [-0.2, -0.15) is 0 Å². The molecule has 2 nitrogen and oxygen atoms in total. The van der Waals surface area contributed by atoms with E-state index in [9.17, 15) is 0 Å². The molecule has 4 rings (SSSR count). The molecule has 1 heterocycles. The Bertz CT molecular complexity index is 1070. The number of benzene rings is 3. The van der Waals surface area contributed by atoms with Crippen LogP contribution in [0.5, 0.6) is 0 Å². The number of hydrogen-bond acceptors (Lipinski definition) is 2. The van der Waals surface area contributed by atoms with E-state index in [4.69, 9.17) is 4.42 Å². The van der Waals surface area contributed by atoms with E-state index in [0.29, 0.717) is 0 Å². The summed E-state index contributed by atoms with van der Waals surface area (Å²) in [4.78, 5) is 0. The lowest BCUT2D eigenvalue weighted by molar-refractivity contribution is 0.666. The van der Waals surface area contributed by atoms with Gasteiger partial charge < -0.3 is 9.73 Å². The van der Waals surface area contributed by atoms with Gasteiger partial charge in [0.25, 0.3) is 0 Å². The third kappa shape index (κ3) is 3.89. The summed E-state index contributed by atoms with van der Waals surface area (Å²) in [6.45, 7) is 2.25. The largest absolute Gasteiger partial charge is 0.454 e. The minimum atomic E-state index is 0.908. The number of para-hydroxylation sites is 2. The summed E-state index contributed by atoms with van der Waals surface area (Å²) in [6, 6.07) is 21.0. The molecule has 0 aliphatic heterocycles. The maximum absolute atomic E-state index is 6.13. The predicted octanol–water partition coefficient (Wildman–Crippen LogP) is 8.21. The fraction of sp³-hybridized carbons (Fsp3) is 0.250. The predicted molar refractivity (Wildman–Crippen MR) is 119 cm³/mol. The monoisotopic (exact) mass is 421 g/mol. The first-order valence-electron chi connectivity index (χ1n) is 9.72. The molecule has 0 amide bonds. The van der Waals surface area contributed by atoms with Crippen LogP contribution < -0.4 is 5.32 Å². The van der Waals surface area contributed by atoms with Crippen LogP contribution in [0.15, 0.2) is 69.6 Å². The van der Waals surface area contributed by atoms with Crippen molar-refractivity contribution >= 4 is 49.2 Å². The second-order valence-corrected chi connectivity index (χ2v) is 7.88. The molecule has 27 heavy (non-hydrogen) atoms. The van der Waals surface area contributed by atoms with Crippen molar-refractivity contribution in [3.05, 3.63) is 70.7 Å². The molecule has 4 aromatic rings. The van der Waals surface area contributed by atoms with Crippen LogP contribution in [0, 0.1) is 0 Å². The van der Waals surface area contributed by atoms with E-state index in [0.717, 1.165) is 39.7 Å². The highest BCUT2D eigenvalue weighted by Gasteiger charge is 2.11. The molecule has 3 heteroatoms. The van der Waals surface area contributed by atoms with Gasteiger partial charge in [0.15, 0.2) is 5.58 Å². The third-order valence-corrected chi connectivity index (χ3v) is 5.80. The molecule has 0 saturated carbocycles. The molecule has 0 aliphatic carbocycles. The summed E-state index contributed by atoms with van der Waals surface area (Å²) >= 11 is 3.70. The van der Waals surface area contributed by atoms with Crippen LogP contribution in [-0.4, -0.2) is 0 Å². The SMILES string of the molecule is CCCCCCc1cc(Nc2cccc3c2oc2ccccc23)ccc1Br. The summed E-state index contributed by atoms with van der Waals surface area (Å²) in [5.41, 5.74) is 5.28. The van der Waals surface area contributed by atoms with E-state index < -0.39 is 0 Å². The fourth-order valence-electron chi connectivity index (χ4n) is 3.59. The Morgan fingerprint density at radius 2 is 1.74 bits per heavy atom. The number of unbranched alkanes of at least 4 members (excludes halogenated alkanes) is 3. The molecule has 0 radical (unpaired) electrons. The lowest BCUT2D eigenvalue weighted by Gasteiger charge is -2.11. The number of furan rings is 1. The van der Waals surface area contributed by atoms with Gasteiger partial charge in [-0.15, -0.1) is 0 Å². The Morgan fingerprint density at radius 1 is 0.889 bits per heavy atom. The third-order valence-electron chi connectivity index (χ3n) is 5.03. The molecule has 0 fully saturated rings. The zero-order valence-electron chi connectivity index (χ0n) is 15.6.